The number of rotatable bonds is 6. The van der Waals surface area contributed by atoms with Gasteiger partial charge >= 0.3 is 0 Å². The number of thiophene rings is 1. The summed E-state index contributed by atoms with van der Waals surface area (Å²) in [7, 11) is 0. The summed E-state index contributed by atoms with van der Waals surface area (Å²) in [5, 5.41) is 13.0. The van der Waals surface area contributed by atoms with Gasteiger partial charge in [-0.05, 0) is 36.3 Å². The molecule has 0 bridgehead atoms. The standard InChI is InChI=1S/C20H21N3O2S2/c1-14(24)23-10-9-16-17(12-21)20(27-18(16)13-23)22-19(25)8-5-11-26-15-6-3-2-4-7-15/h2-4,6-7H,5,8-11,13H2,1H3,(H,22,25). The van der Waals surface area contributed by atoms with Crippen LogP contribution in [-0.4, -0.2) is 29.0 Å². The van der Waals surface area contributed by atoms with Crippen LogP contribution in [0.4, 0.5) is 5.00 Å². The molecule has 0 radical (unpaired) electrons. The molecule has 0 saturated carbocycles. The van der Waals surface area contributed by atoms with Crippen LogP contribution in [0.3, 0.4) is 0 Å². The summed E-state index contributed by atoms with van der Waals surface area (Å²) in [4.78, 5) is 27.9. The molecule has 0 atom stereocenters. The largest absolute Gasteiger partial charge is 0.337 e. The Morgan fingerprint density at radius 3 is 2.81 bits per heavy atom. The van der Waals surface area contributed by atoms with Crippen molar-refractivity contribution in [3.8, 4) is 6.07 Å². The molecule has 2 amide bonds. The molecule has 1 aromatic heterocycles. The number of amides is 2. The molecule has 5 nitrogen and oxygen atoms in total. The minimum absolute atomic E-state index is 0.0362. The molecule has 1 aromatic carbocycles. The molecular weight excluding hydrogens is 378 g/mol. The van der Waals surface area contributed by atoms with Crippen molar-refractivity contribution in [3.63, 3.8) is 0 Å². The monoisotopic (exact) mass is 399 g/mol. The van der Waals surface area contributed by atoms with Crippen LogP contribution in [0.2, 0.25) is 0 Å². The maximum absolute atomic E-state index is 12.3. The number of anilines is 1. The Hall–Kier alpha value is -2.30. The van der Waals surface area contributed by atoms with Crippen molar-refractivity contribution in [2.45, 2.75) is 37.6 Å². The minimum Gasteiger partial charge on any atom is -0.337 e. The number of nitrogens with one attached hydrogen (secondary N) is 1. The van der Waals surface area contributed by atoms with Gasteiger partial charge in [-0.15, -0.1) is 23.1 Å². The summed E-state index contributed by atoms with van der Waals surface area (Å²) in [6.45, 7) is 2.70. The fourth-order valence-corrected chi connectivity index (χ4v) is 5.11. The summed E-state index contributed by atoms with van der Waals surface area (Å²) in [6, 6.07) is 12.3. The lowest BCUT2D eigenvalue weighted by molar-refractivity contribution is -0.129. The Morgan fingerprint density at radius 2 is 2.11 bits per heavy atom. The SMILES string of the molecule is CC(=O)N1CCc2c(sc(NC(=O)CCCSc3ccccc3)c2C#N)C1. The summed E-state index contributed by atoms with van der Waals surface area (Å²) >= 11 is 3.15. The smallest absolute Gasteiger partial charge is 0.225 e. The van der Waals surface area contributed by atoms with Gasteiger partial charge in [-0.25, -0.2) is 0 Å². The molecule has 0 aliphatic carbocycles. The van der Waals surface area contributed by atoms with Crippen LogP contribution in [0.15, 0.2) is 35.2 Å². The number of fused-ring (bicyclic) bond motifs is 1. The maximum atomic E-state index is 12.3. The Bertz CT molecular complexity index is 871. The molecule has 1 aliphatic rings. The third-order valence-electron chi connectivity index (χ3n) is 4.43. The third-order valence-corrected chi connectivity index (χ3v) is 6.66. The van der Waals surface area contributed by atoms with E-state index in [2.05, 4.69) is 23.5 Å². The Kier molecular flexibility index (Phi) is 6.54. The van der Waals surface area contributed by atoms with E-state index >= 15 is 0 Å². The first-order valence-corrected chi connectivity index (χ1v) is 10.7. The normalized spacial score (nSPS) is 13.0. The van der Waals surface area contributed by atoms with Gasteiger partial charge in [-0.2, -0.15) is 5.26 Å². The van der Waals surface area contributed by atoms with Crippen LogP contribution in [0.25, 0.3) is 0 Å². The van der Waals surface area contributed by atoms with Gasteiger partial charge in [0.2, 0.25) is 11.8 Å². The van der Waals surface area contributed by atoms with E-state index in [0.717, 1.165) is 22.6 Å². The third kappa shape index (κ3) is 4.90. The van der Waals surface area contributed by atoms with E-state index in [-0.39, 0.29) is 11.8 Å². The highest BCUT2D eigenvalue weighted by Crippen LogP contribution is 2.36. The van der Waals surface area contributed by atoms with E-state index in [1.807, 2.05) is 18.2 Å². The van der Waals surface area contributed by atoms with E-state index in [1.54, 1.807) is 23.6 Å². The van der Waals surface area contributed by atoms with Gasteiger partial charge in [0.25, 0.3) is 0 Å². The number of thioether (sulfide) groups is 1. The van der Waals surface area contributed by atoms with Crippen molar-refractivity contribution in [3.05, 3.63) is 46.3 Å². The molecule has 2 heterocycles. The van der Waals surface area contributed by atoms with Crippen molar-refractivity contribution >= 4 is 39.9 Å². The summed E-state index contributed by atoms with van der Waals surface area (Å²) in [6.07, 6.45) is 1.86. The van der Waals surface area contributed by atoms with Crippen LogP contribution in [0.5, 0.6) is 0 Å². The van der Waals surface area contributed by atoms with Crippen molar-refractivity contribution in [2.24, 2.45) is 0 Å². The number of benzene rings is 1. The van der Waals surface area contributed by atoms with Gasteiger partial charge in [-0.1, -0.05) is 18.2 Å². The zero-order valence-electron chi connectivity index (χ0n) is 15.2. The quantitative estimate of drug-likeness (QED) is 0.588. The predicted octanol–water partition coefficient (Wildman–Crippen LogP) is 4.04. The van der Waals surface area contributed by atoms with Crippen LogP contribution in [0.1, 0.15) is 35.8 Å². The molecule has 0 unspecified atom stereocenters. The lowest BCUT2D eigenvalue weighted by atomic mass is 10.0. The van der Waals surface area contributed by atoms with E-state index < -0.39 is 0 Å². The molecule has 140 valence electrons. The second-order valence-corrected chi connectivity index (χ2v) is 8.60. The zero-order chi connectivity index (χ0) is 19.2. The van der Waals surface area contributed by atoms with Gasteiger partial charge in [0.1, 0.15) is 11.1 Å². The Morgan fingerprint density at radius 1 is 1.33 bits per heavy atom. The Balaban J connectivity index is 1.55. The number of nitrogens with zero attached hydrogens (tertiary/aromatic N) is 2. The zero-order valence-corrected chi connectivity index (χ0v) is 16.8. The number of hydrogen-bond donors (Lipinski definition) is 1. The molecule has 27 heavy (non-hydrogen) atoms. The van der Waals surface area contributed by atoms with Gasteiger partial charge in [-0.3, -0.25) is 9.59 Å². The lowest BCUT2D eigenvalue weighted by Gasteiger charge is -2.25. The van der Waals surface area contributed by atoms with Crippen molar-refractivity contribution in [1.82, 2.24) is 4.90 Å². The summed E-state index contributed by atoms with van der Waals surface area (Å²) in [5.74, 6) is 0.841. The molecule has 3 rings (SSSR count). The van der Waals surface area contributed by atoms with Crippen LogP contribution < -0.4 is 5.32 Å². The topological polar surface area (TPSA) is 73.2 Å². The first-order valence-electron chi connectivity index (χ1n) is 8.86. The molecular formula is C20H21N3O2S2. The van der Waals surface area contributed by atoms with Crippen molar-refractivity contribution in [1.29, 1.82) is 5.26 Å². The molecule has 0 spiro atoms. The molecule has 2 aromatic rings. The second-order valence-electron chi connectivity index (χ2n) is 6.32. The van der Waals surface area contributed by atoms with Crippen molar-refractivity contribution in [2.75, 3.05) is 17.6 Å². The summed E-state index contributed by atoms with van der Waals surface area (Å²) < 4.78 is 0. The minimum atomic E-state index is -0.0674. The highest BCUT2D eigenvalue weighted by Gasteiger charge is 2.26. The van der Waals surface area contributed by atoms with Crippen LogP contribution in [-0.2, 0) is 22.6 Å². The van der Waals surface area contributed by atoms with Crippen LogP contribution >= 0.6 is 23.1 Å². The van der Waals surface area contributed by atoms with Gasteiger partial charge in [0, 0.05) is 29.7 Å². The predicted molar refractivity (Wildman–Crippen MR) is 109 cm³/mol. The number of hydrogen-bond acceptors (Lipinski definition) is 5. The maximum Gasteiger partial charge on any atom is 0.225 e. The van der Waals surface area contributed by atoms with E-state index in [4.69, 9.17) is 0 Å². The van der Waals surface area contributed by atoms with E-state index in [0.29, 0.717) is 36.5 Å². The average Bonchev–Trinajstić information content (AvgIpc) is 3.02. The van der Waals surface area contributed by atoms with E-state index in [9.17, 15) is 14.9 Å². The first-order chi connectivity index (χ1) is 13.1. The number of carbonyl (C=O) groups excluding carboxylic acids is 2. The molecule has 1 aliphatic heterocycles. The summed E-state index contributed by atoms with van der Waals surface area (Å²) in [5.41, 5.74) is 1.54. The second kappa shape index (κ2) is 9.07. The molecule has 7 heteroatoms. The molecule has 0 fully saturated rings. The highest BCUT2D eigenvalue weighted by atomic mass is 32.2. The highest BCUT2D eigenvalue weighted by molar-refractivity contribution is 7.99. The average molecular weight is 400 g/mol. The van der Waals surface area contributed by atoms with Gasteiger partial charge < -0.3 is 10.2 Å². The molecule has 1 N–H and O–H groups in total. The van der Waals surface area contributed by atoms with Gasteiger partial charge in [0.05, 0.1) is 12.1 Å². The fraction of sp³-hybridized carbons (Fsp3) is 0.350. The number of nitriles is 1. The molecule has 0 saturated heterocycles. The number of carbonyl (C=O) groups is 2. The lowest BCUT2D eigenvalue weighted by Crippen LogP contribution is -2.33. The van der Waals surface area contributed by atoms with Gasteiger partial charge in [0.15, 0.2) is 0 Å². The van der Waals surface area contributed by atoms with Crippen molar-refractivity contribution < 1.29 is 9.59 Å². The Labute approximate surface area is 167 Å². The first kappa shape index (κ1) is 19.5. The fourth-order valence-electron chi connectivity index (χ4n) is 3.01. The van der Waals surface area contributed by atoms with Crippen LogP contribution in [0, 0.1) is 11.3 Å². The van der Waals surface area contributed by atoms with E-state index in [1.165, 1.54) is 16.2 Å².